The maximum Gasteiger partial charge on any atom is 0.0921 e. The van der Waals surface area contributed by atoms with Crippen molar-refractivity contribution in [2.45, 2.75) is 345 Å². The highest BCUT2D eigenvalue weighted by Crippen LogP contribution is 2.23. The number of rotatable bonds is 52. The molecule has 13 nitrogen and oxygen atoms in total. The van der Waals surface area contributed by atoms with E-state index in [1.807, 2.05) is 27.3 Å². The van der Waals surface area contributed by atoms with Crippen LogP contribution >= 0.6 is 0 Å². The van der Waals surface area contributed by atoms with Crippen LogP contribution in [0, 0.1) is 11.8 Å². The number of nitrogens with one attached hydrogen (secondary N) is 7. The Morgan fingerprint density at radius 2 is 0.652 bits per heavy atom. The lowest BCUT2D eigenvalue weighted by Crippen LogP contribution is -2.30. The van der Waals surface area contributed by atoms with Gasteiger partial charge in [-0.3, -0.25) is 0 Å². The Balaban J connectivity index is -0.000000229. The number of aromatic nitrogens is 2. The first-order chi connectivity index (χ1) is 45.1. The number of piperidine rings is 2. The molecule has 2 aliphatic heterocycles. The molecule has 13 N–H and O–H groups in total. The molecule has 2 saturated heterocycles. The lowest BCUT2D eigenvalue weighted by atomic mass is 9.91. The summed E-state index contributed by atoms with van der Waals surface area (Å²) in [6, 6.07) is 0. The summed E-state index contributed by atoms with van der Waals surface area (Å²) in [5.41, 5.74) is 17.4. The van der Waals surface area contributed by atoms with E-state index < -0.39 is 0 Å². The number of hydrogen-bond acceptors (Lipinski definition) is 12. The summed E-state index contributed by atoms with van der Waals surface area (Å²) in [6.45, 7) is 38.1. The molecule has 0 spiro atoms. The summed E-state index contributed by atoms with van der Waals surface area (Å²) in [5, 5.41) is 19.5. The van der Waals surface area contributed by atoms with Crippen LogP contribution in [0.15, 0.2) is 12.5 Å². The number of hydrogen-bond donors (Lipinski definition) is 10. The van der Waals surface area contributed by atoms with Gasteiger partial charge in [-0.25, -0.2) is 4.98 Å². The van der Waals surface area contributed by atoms with Crippen molar-refractivity contribution in [2.75, 3.05) is 140 Å². The normalized spacial score (nSPS) is 13.1. The molecule has 560 valence electrons. The molecular formula is C79H179N13. The minimum Gasteiger partial charge on any atom is -0.348 e. The van der Waals surface area contributed by atoms with Gasteiger partial charge in [-0.15, -0.1) is 0 Å². The molecule has 0 aromatic carbocycles. The molecule has 1 aromatic heterocycles. The zero-order valence-electron chi connectivity index (χ0n) is 65.8. The Morgan fingerprint density at radius 3 is 1.04 bits per heavy atom. The Labute approximate surface area is 580 Å². The summed E-state index contributed by atoms with van der Waals surface area (Å²) in [6.07, 6.45) is 63.4. The molecule has 0 bridgehead atoms. The average molecular weight is 1310 g/mol. The molecule has 2 fully saturated rings. The van der Waals surface area contributed by atoms with Crippen LogP contribution in [0.5, 0.6) is 0 Å². The fraction of sp³-hybridized carbons (Fsp3) is 0.962. The zero-order chi connectivity index (χ0) is 69.4. The van der Waals surface area contributed by atoms with E-state index in [4.69, 9.17) is 17.2 Å². The summed E-state index contributed by atoms with van der Waals surface area (Å²) < 4.78 is 0. The standard InChI is InChI=1S/C13H30N2.C11H27N3.C11H23N.C10H21N.C9H21N.C7H12N2.C7H17N.C6H15N.C5H13N/c1-2-3-4-5-6-7-8-9-12-15-13-10-11-14;1-2-3-8-13-9-5-4-6-10-14-11-7-12;1-3-4-5-6-11-7-9-12(2)10-8-11;1-3-4-5-10-6-8-11(2)9-7-10;1-2-3-4-5-6-7-8-9-10;1-2-3-4-7-5-8-6-9-7;1-3-4-5-6-7-8-2;1-3-4-5-6-7-2;1-3-4-5-6-2/h15H,2-14H2,1H3;13-14H,2-12H2,1H3;11H,3-10H2,1-2H3;10H,3-9H2,1-2H3;2-10H2,1H3;5-6H,2-4H2,1H3,(H,8,9);8H,3-7H2,1-2H3;7H,3-6H2,1-2H3;6H,3-5H2,1-2H3. The second kappa shape index (κ2) is 101. The topological polar surface area (TPSA) is 185 Å². The minimum atomic E-state index is 0.749. The molecule has 0 amide bonds. The minimum absolute atomic E-state index is 0.749. The van der Waals surface area contributed by atoms with Gasteiger partial charge in [0, 0.05) is 25.0 Å². The Hall–Kier alpha value is -1.23. The van der Waals surface area contributed by atoms with E-state index >= 15 is 0 Å². The highest BCUT2D eigenvalue weighted by Gasteiger charge is 2.16. The summed E-state index contributed by atoms with van der Waals surface area (Å²) in [7, 11) is 10.5. The van der Waals surface area contributed by atoms with E-state index in [1.165, 1.54) is 334 Å². The summed E-state index contributed by atoms with van der Waals surface area (Å²) in [4.78, 5) is 11.9. The molecule has 0 unspecified atom stereocenters. The number of imidazole rings is 1. The molecule has 92 heavy (non-hydrogen) atoms. The number of nitrogens with zero attached hydrogens (tertiary/aromatic N) is 3. The predicted molar refractivity (Wildman–Crippen MR) is 421 cm³/mol. The summed E-state index contributed by atoms with van der Waals surface area (Å²) >= 11 is 0. The van der Waals surface area contributed by atoms with Gasteiger partial charge in [0.15, 0.2) is 0 Å². The van der Waals surface area contributed by atoms with Crippen LogP contribution < -0.4 is 49.1 Å². The van der Waals surface area contributed by atoms with E-state index in [0.717, 1.165) is 70.5 Å². The molecule has 13 heteroatoms. The fourth-order valence-corrected chi connectivity index (χ4v) is 10.5. The van der Waals surface area contributed by atoms with Gasteiger partial charge in [0.05, 0.1) is 6.33 Å². The second-order valence-electron chi connectivity index (χ2n) is 26.7. The number of nitrogens with two attached hydrogens (primary N) is 3. The fourth-order valence-electron chi connectivity index (χ4n) is 10.5. The highest BCUT2D eigenvalue weighted by molar-refractivity contribution is 4.93. The largest absolute Gasteiger partial charge is 0.348 e. The van der Waals surface area contributed by atoms with Crippen molar-refractivity contribution >= 4 is 0 Å². The number of likely N-dealkylation sites (tertiary alicyclic amines) is 2. The molecular weight excluding hydrogens is 1130 g/mol. The van der Waals surface area contributed by atoms with Gasteiger partial charge < -0.3 is 63.9 Å². The smallest absolute Gasteiger partial charge is 0.0921 e. The molecule has 0 saturated carbocycles. The van der Waals surface area contributed by atoms with Crippen molar-refractivity contribution in [3.05, 3.63) is 18.2 Å². The molecule has 0 atom stereocenters. The zero-order valence-corrected chi connectivity index (χ0v) is 65.8. The average Bonchev–Trinajstić information content (AvgIpc) is 3.43. The predicted octanol–water partition coefficient (Wildman–Crippen LogP) is 18.2. The van der Waals surface area contributed by atoms with Crippen molar-refractivity contribution in [1.29, 1.82) is 0 Å². The number of H-pyrrole nitrogens is 1. The molecule has 0 aliphatic carbocycles. The van der Waals surface area contributed by atoms with Crippen LogP contribution in [0.2, 0.25) is 0 Å². The third kappa shape index (κ3) is 105. The van der Waals surface area contributed by atoms with Gasteiger partial charge >= 0.3 is 0 Å². The summed E-state index contributed by atoms with van der Waals surface area (Å²) in [5.74, 6) is 2.10. The van der Waals surface area contributed by atoms with Gasteiger partial charge in [-0.05, 0) is 235 Å². The first kappa shape index (κ1) is 102. The van der Waals surface area contributed by atoms with Gasteiger partial charge in [0.2, 0.25) is 0 Å². The first-order valence-electron chi connectivity index (χ1n) is 40.6. The van der Waals surface area contributed by atoms with Crippen LogP contribution in [0.1, 0.15) is 344 Å². The third-order valence-electron chi connectivity index (χ3n) is 17.1. The monoisotopic (exact) mass is 1310 g/mol. The second-order valence-corrected chi connectivity index (χ2v) is 26.7. The van der Waals surface area contributed by atoms with Crippen LogP contribution in [0.25, 0.3) is 0 Å². The molecule has 0 radical (unpaired) electrons. The molecule has 2 aliphatic rings. The van der Waals surface area contributed by atoms with Crippen LogP contribution in [-0.4, -0.2) is 160 Å². The van der Waals surface area contributed by atoms with E-state index in [-0.39, 0.29) is 0 Å². The lowest BCUT2D eigenvalue weighted by Gasteiger charge is -2.28. The third-order valence-corrected chi connectivity index (χ3v) is 17.1. The van der Waals surface area contributed by atoms with E-state index in [1.54, 1.807) is 6.33 Å². The molecule has 3 heterocycles. The lowest BCUT2D eigenvalue weighted by molar-refractivity contribution is 0.209. The van der Waals surface area contributed by atoms with Crippen LogP contribution in [-0.2, 0) is 6.42 Å². The van der Waals surface area contributed by atoms with Crippen molar-refractivity contribution in [3.8, 4) is 0 Å². The maximum absolute atomic E-state index is 5.41. The van der Waals surface area contributed by atoms with Crippen LogP contribution in [0.4, 0.5) is 0 Å². The van der Waals surface area contributed by atoms with E-state index in [0.29, 0.717) is 0 Å². The van der Waals surface area contributed by atoms with Gasteiger partial charge in [-0.1, -0.05) is 249 Å². The Bertz CT molecular complexity index is 1200. The molecule has 1 aromatic rings. The Morgan fingerprint density at radius 1 is 0.348 bits per heavy atom. The van der Waals surface area contributed by atoms with E-state index in [2.05, 4.69) is 128 Å². The van der Waals surface area contributed by atoms with Crippen molar-refractivity contribution < 1.29 is 0 Å². The highest BCUT2D eigenvalue weighted by atomic mass is 15.1. The van der Waals surface area contributed by atoms with Gasteiger partial charge in [-0.2, -0.15) is 0 Å². The van der Waals surface area contributed by atoms with Gasteiger partial charge in [0.1, 0.15) is 0 Å². The van der Waals surface area contributed by atoms with Crippen molar-refractivity contribution in [1.82, 2.24) is 51.7 Å². The first-order valence-corrected chi connectivity index (χ1v) is 40.6. The van der Waals surface area contributed by atoms with Gasteiger partial charge in [0.25, 0.3) is 0 Å². The Kier molecular flexibility index (Phi) is 112. The molecule has 3 rings (SSSR count). The number of aryl methyl sites for hydroxylation is 1. The SMILES string of the molecule is CCCCC1CCN(C)CC1.CCCCCC1CCN(C)CC1.CCCCCCCCCCNCCCN.CCCCCCCCCN.CCCCCCNC.CCCCCNC.CCCCNC.CCCCNCCCCCNCCN.CCCCc1cnc[nH]1. The maximum atomic E-state index is 5.41. The van der Waals surface area contributed by atoms with E-state index in [9.17, 15) is 0 Å². The van der Waals surface area contributed by atoms with Crippen LogP contribution in [0.3, 0.4) is 0 Å². The quantitative estimate of drug-likeness (QED) is 0.0279. The van der Waals surface area contributed by atoms with Crippen molar-refractivity contribution in [2.24, 2.45) is 29.0 Å². The number of aromatic amines is 1. The number of unbranched alkanes of at least 4 members (excludes halogenated alkanes) is 26. The van der Waals surface area contributed by atoms with Crippen molar-refractivity contribution in [3.63, 3.8) is 0 Å².